The van der Waals surface area contributed by atoms with E-state index in [9.17, 15) is 18.0 Å². The first-order valence-corrected chi connectivity index (χ1v) is 10.5. The van der Waals surface area contributed by atoms with Gasteiger partial charge in [-0.15, -0.1) is 0 Å². The van der Waals surface area contributed by atoms with E-state index >= 15 is 0 Å². The summed E-state index contributed by atoms with van der Waals surface area (Å²) in [6.07, 6.45) is -4.49. The fourth-order valence-corrected chi connectivity index (χ4v) is 3.93. The van der Waals surface area contributed by atoms with E-state index < -0.39 is 17.6 Å². The molecular formula is C21H17Cl2F3N6O. The molecule has 4 rings (SSSR count). The quantitative estimate of drug-likeness (QED) is 0.496. The number of benzene rings is 2. The molecule has 0 aliphatic carbocycles. The number of amides is 1. The van der Waals surface area contributed by atoms with Crippen LogP contribution in [0.3, 0.4) is 0 Å². The number of halogens is 5. The van der Waals surface area contributed by atoms with Crippen molar-refractivity contribution in [3.63, 3.8) is 0 Å². The van der Waals surface area contributed by atoms with Gasteiger partial charge >= 0.3 is 6.18 Å². The maximum atomic E-state index is 13.1. The second kappa shape index (κ2) is 8.95. The first-order valence-electron chi connectivity index (χ1n) is 9.72. The van der Waals surface area contributed by atoms with Gasteiger partial charge in [0, 0.05) is 29.2 Å². The van der Waals surface area contributed by atoms with Crippen molar-refractivity contribution in [3.05, 3.63) is 69.3 Å². The zero-order valence-electron chi connectivity index (χ0n) is 16.9. The predicted octanol–water partition coefficient (Wildman–Crippen LogP) is 4.01. The molecule has 0 fully saturated rings. The molecule has 0 radical (unpaired) electrons. The Hall–Kier alpha value is -3.24. The number of aromatic nitrogens is 2. The average molecular weight is 497 g/mol. The van der Waals surface area contributed by atoms with E-state index in [0.29, 0.717) is 46.6 Å². The number of nitrogens with zero attached hydrogens (tertiary/aromatic N) is 3. The van der Waals surface area contributed by atoms with E-state index in [4.69, 9.17) is 28.9 Å². The molecule has 1 aliphatic rings. The summed E-state index contributed by atoms with van der Waals surface area (Å²) in [5, 5.41) is 11.1. The molecule has 33 heavy (non-hydrogen) atoms. The summed E-state index contributed by atoms with van der Waals surface area (Å²) in [7, 11) is 0. The van der Waals surface area contributed by atoms with E-state index in [2.05, 4.69) is 20.7 Å². The van der Waals surface area contributed by atoms with E-state index in [0.717, 1.165) is 12.1 Å². The highest BCUT2D eigenvalue weighted by Crippen LogP contribution is 2.35. The molecule has 4 N–H and O–H groups in total. The molecule has 0 spiro atoms. The Morgan fingerprint density at radius 3 is 2.48 bits per heavy atom. The van der Waals surface area contributed by atoms with Crippen molar-refractivity contribution in [2.75, 3.05) is 13.1 Å². The number of hydrogen-bond donors (Lipinski definition) is 3. The third-order valence-corrected chi connectivity index (χ3v) is 5.49. The summed E-state index contributed by atoms with van der Waals surface area (Å²) in [5.41, 5.74) is 6.22. The minimum Gasteiger partial charge on any atom is -0.364 e. The van der Waals surface area contributed by atoms with Crippen LogP contribution in [0.1, 0.15) is 21.6 Å². The monoisotopic (exact) mass is 496 g/mol. The molecule has 0 bridgehead atoms. The van der Waals surface area contributed by atoms with Crippen LogP contribution in [0.2, 0.25) is 10.0 Å². The first-order chi connectivity index (χ1) is 15.6. The highest BCUT2D eigenvalue weighted by Gasteiger charge is 2.31. The van der Waals surface area contributed by atoms with Crippen molar-refractivity contribution >= 4 is 35.1 Å². The Bertz CT molecular complexity index is 1240. The maximum absolute atomic E-state index is 13.1. The number of carbonyl (C=O) groups is 1. The summed E-state index contributed by atoms with van der Waals surface area (Å²) in [5.74, 6) is -0.272. The number of primary amides is 1. The van der Waals surface area contributed by atoms with Gasteiger partial charge in [0.05, 0.1) is 28.5 Å². The third-order valence-electron chi connectivity index (χ3n) is 4.95. The van der Waals surface area contributed by atoms with Crippen molar-refractivity contribution < 1.29 is 18.0 Å². The molecular weight excluding hydrogens is 480 g/mol. The minimum absolute atomic E-state index is 0.0537. The largest absolute Gasteiger partial charge is 0.416 e. The van der Waals surface area contributed by atoms with Crippen LogP contribution in [0, 0.1) is 0 Å². The molecule has 12 heteroatoms. The topological polar surface area (TPSA) is 97.3 Å². The van der Waals surface area contributed by atoms with Gasteiger partial charge in [-0.1, -0.05) is 35.3 Å². The molecule has 0 saturated heterocycles. The zero-order chi connectivity index (χ0) is 23.8. The van der Waals surface area contributed by atoms with Crippen LogP contribution in [0.4, 0.5) is 13.2 Å². The van der Waals surface area contributed by atoms with Gasteiger partial charge in [-0.05, 0) is 30.3 Å². The van der Waals surface area contributed by atoms with Crippen molar-refractivity contribution in [2.24, 2.45) is 10.7 Å². The second-order valence-electron chi connectivity index (χ2n) is 7.13. The van der Waals surface area contributed by atoms with E-state index in [1.807, 2.05) is 0 Å². The number of aliphatic imine (C=N–C) groups is 1. The molecule has 172 valence electrons. The number of guanidine groups is 1. The number of nitrogens with two attached hydrogens (primary N) is 1. The minimum atomic E-state index is -4.49. The van der Waals surface area contributed by atoms with Crippen LogP contribution in [-0.4, -0.2) is 34.7 Å². The fourth-order valence-electron chi connectivity index (χ4n) is 3.45. The van der Waals surface area contributed by atoms with Crippen LogP contribution in [0.25, 0.3) is 16.9 Å². The van der Waals surface area contributed by atoms with E-state index in [1.165, 1.54) is 22.9 Å². The van der Waals surface area contributed by atoms with E-state index in [1.54, 1.807) is 12.1 Å². The molecule has 1 aliphatic heterocycles. The van der Waals surface area contributed by atoms with Crippen LogP contribution in [-0.2, 0) is 12.7 Å². The third kappa shape index (κ3) is 4.76. The van der Waals surface area contributed by atoms with Gasteiger partial charge in [-0.25, -0.2) is 4.68 Å². The summed E-state index contributed by atoms with van der Waals surface area (Å²) in [6, 6.07) is 9.20. The lowest BCUT2D eigenvalue weighted by Gasteiger charge is -2.14. The first kappa shape index (κ1) is 22.9. The van der Waals surface area contributed by atoms with Gasteiger partial charge in [-0.3, -0.25) is 9.79 Å². The predicted molar refractivity (Wildman–Crippen MR) is 120 cm³/mol. The Balaban J connectivity index is 1.90. The Morgan fingerprint density at radius 2 is 1.91 bits per heavy atom. The molecule has 0 unspecified atom stereocenters. The zero-order valence-corrected chi connectivity index (χ0v) is 18.4. The highest BCUT2D eigenvalue weighted by atomic mass is 35.5. The van der Waals surface area contributed by atoms with Crippen LogP contribution >= 0.6 is 23.2 Å². The van der Waals surface area contributed by atoms with Crippen molar-refractivity contribution in [1.82, 2.24) is 20.4 Å². The lowest BCUT2D eigenvalue weighted by molar-refractivity contribution is -0.137. The fraction of sp³-hybridized carbons (Fsp3) is 0.190. The number of nitrogens with one attached hydrogen (secondary N) is 2. The Kier molecular flexibility index (Phi) is 6.22. The highest BCUT2D eigenvalue weighted by molar-refractivity contribution is 6.35. The molecule has 3 aromatic rings. The average Bonchev–Trinajstić information content (AvgIpc) is 3.39. The van der Waals surface area contributed by atoms with Gasteiger partial charge in [-0.2, -0.15) is 18.3 Å². The Labute approximate surface area is 196 Å². The molecule has 1 amide bonds. The van der Waals surface area contributed by atoms with Crippen molar-refractivity contribution in [1.29, 1.82) is 0 Å². The maximum Gasteiger partial charge on any atom is 0.416 e. The van der Waals surface area contributed by atoms with Crippen molar-refractivity contribution in [3.8, 4) is 16.9 Å². The summed E-state index contributed by atoms with van der Waals surface area (Å²) >= 11 is 12.4. The molecule has 0 saturated carbocycles. The number of carbonyl (C=O) groups excluding carboxylic acids is 1. The van der Waals surface area contributed by atoms with Gasteiger partial charge in [0.2, 0.25) is 0 Å². The van der Waals surface area contributed by atoms with Gasteiger partial charge in [0.15, 0.2) is 11.7 Å². The van der Waals surface area contributed by atoms with Gasteiger partial charge in [0.1, 0.15) is 0 Å². The smallest absolute Gasteiger partial charge is 0.364 e. The van der Waals surface area contributed by atoms with Crippen LogP contribution in [0.15, 0.2) is 47.5 Å². The van der Waals surface area contributed by atoms with E-state index in [-0.39, 0.29) is 17.3 Å². The van der Waals surface area contributed by atoms with Crippen molar-refractivity contribution in [2.45, 2.75) is 12.7 Å². The summed E-state index contributed by atoms with van der Waals surface area (Å²) in [6.45, 7) is 1.35. The van der Waals surface area contributed by atoms with Gasteiger partial charge in [0.25, 0.3) is 5.91 Å². The molecule has 2 aromatic carbocycles. The summed E-state index contributed by atoms with van der Waals surface area (Å²) in [4.78, 5) is 16.5. The Morgan fingerprint density at radius 1 is 1.18 bits per heavy atom. The van der Waals surface area contributed by atoms with Crippen LogP contribution in [0.5, 0.6) is 0 Å². The standard InChI is InChI=1S/C21H17Cl2F3N6O/c22-13-5-6-16(15(23)9-13)32-18(11-1-3-12(4-2-11)21(24,25)26)14(17(31-32)19(27)33)10-30-20-28-7-8-29-20/h1-6,9H,7-8,10H2,(H2,27,33)(H2,28,29,30). The molecule has 1 aromatic heterocycles. The normalized spacial score (nSPS) is 13.5. The number of rotatable bonds is 5. The molecule has 0 atom stereocenters. The summed E-state index contributed by atoms with van der Waals surface area (Å²) < 4.78 is 40.7. The van der Waals surface area contributed by atoms with Crippen LogP contribution < -0.4 is 16.4 Å². The number of hydrogen-bond acceptors (Lipinski definition) is 5. The molecule has 2 heterocycles. The SMILES string of the molecule is NC(=O)c1nn(-c2ccc(Cl)cc2Cl)c(-c2ccc(C(F)(F)F)cc2)c1CNC1=NCCN1. The molecule has 7 nitrogen and oxygen atoms in total. The lowest BCUT2D eigenvalue weighted by Crippen LogP contribution is -2.33. The lowest BCUT2D eigenvalue weighted by atomic mass is 10.0. The second-order valence-corrected chi connectivity index (χ2v) is 7.98. The van der Waals surface area contributed by atoms with Gasteiger partial charge < -0.3 is 16.4 Å². The number of alkyl halides is 3.